The third-order valence-corrected chi connectivity index (χ3v) is 5.21. The van der Waals surface area contributed by atoms with Gasteiger partial charge in [-0.15, -0.1) is 0 Å². The van der Waals surface area contributed by atoms with Gasteiger partial charge in [0.05, 0.1) is 25.4 Å². The Morgan fingerprint density at radius 1 is 1.27 bits per heavy atom. The van der Waals surface area contributed by atoms with Crippen LogP contribution in [0.5, 0.6) is 5.75 Å². The maximum atomic E-state index is 13.1. The van der Waals surface area contributed by atoms with Crippen LogP contribution in [0.25, 0.3) is 0 Å². The monoisotopic (exact) mass is 414 g/mol. The summed E-state index contributed by atoms with van der Waals surface area (Å²) >= 11 is 0. The molecule has 0 amide bonds. The highest BCUT2D eigenvalue weighted by molar-refractivity contribution is 5.80. The van der Waals surface area contributed by atoms with Gasteiger partial charge in [0.1, 0.15) is 11.6 Å². The average molecular weight is 415 g/mol. The van der Waals surface area contributed by atoms with Crippen molar-refractivity contribution in [1.29, 1.82) is 0 Å². The number of para-hydroxylation sites is 2. The molecule has 1 heterocycles. The SMILES string of the molecule is CCNC(=NCC(O)c1ccc(F)cc1)NC1CCCN(c2ccccc2OC)C1. The molecule has 2 unspecified atom stereocenters. The largest absolute Gasteiger partial charge is 0.495 e. The summed E-state index contributed by atoms with van der Waals surface area (Å²) in [5.41, 5.74) is 1.75. The molecule has 0 aliphatic carbocycles. The van der Waals surface area contributed by atoms with E-state index < -0.39 is 6.10 Å². The number of nitrogens with zero attached hydrogens (tertiary/aromatic N) is 2. The van der Waals surface area contributed by atoms with Crippen molar-refractivity contribution in [3.8, 4) is 5.75 Å². The molecule has 1 fully saturated rings. The Morgan fingerprint density at radius 3 is 2.77 bits per heavy atom. The number of aliphatic hydroxyl groups is 1. The highest BCUT2D eigenvalue weighted by Crippen LogP contribution is 2.29. The van der Waals surface area contributed by atoms with Crippen LogP contribution in [0, 0.1) is 5.82 Å². The standard InChI is InChI=1S/C23H31FN4O2/c1-3-25-23(26-15-21(29)17-10-12-18(24)13-11-17)27-19-7-6-14-28(16-19)20-8-4-5-9-22(20)30-2/h4-5,8-13,19,21,29H,3,6-7,14-16H2,1-2H3,(H2,25,26,27). The van der Waals surface area contributed by atoms with Gasteiger partial charge in [0.15, 0.2) is 5.96 Å². The summed E-state index contributed by atoms with van der Waals surface area (Å²) in [4.78, 5) is 6.88. The van der Waals surface area contributed by atoms with Gasteiger partial charge in [-0.3, -0.25) is 4.99 Å². The van der Waals surface area contributed by atoms with Crippen LogP contribution >= 0.6 is 0 Å². The number of benzene rings is 2. The molecule has 2 atom stereocenters. The molecule has 7 heteroatoms. The van der Waals surface area contributed by atoms with Gasteiger partial charge in [-0.1, -0.05) is 24.3 Å². The minimum absolute atomic E-state index is 0.198. The number of piperidine rings is 1. The van der Waals surface area contributed by atoms with Crippen molar-refractivity contribution in [2.75, 3.05) is 38.2 Å². The van der Waals surface area contributed by atoms with Crippen LogP contribution in [0.4, 0.5) is 10.1 Å². The number of guanidine groups is 1. The second kappa shape index (κ2) is 10.8. The van der Waals surface area contributed by atoms with Crippen LogP contribution in [-0.2, 0) is 0 Å². The predicted octanol–water partition coefficient (Wildman–Crippen LogP) is 3.09. The topological polar surface area (TPSA) is 69.1 Å². The molecule has 0 radical (unpaired) electrons. The zero-order valence-corrected chi connectivity index (χ0v) is 17.6. The van der Waals surface area contributed by atoms with Crippen LogP contribution in [0.15, 0.2) is 53.5 Å². The predicted molar refractivity (Wildman–Crippen MR) is 119 cm³/mol. The number of halogens is 1. The second-order valence-electron chi connectivity index (χ2n) is 7.39. The van der Waals surface area contributed by atoms with Gasteiger partial charge in [0.2, 0.25) is 0 Å². The number of rotatable bonds is 7. The van der Waals surface area contributed by atoms with Crippen LogP contribution < -0.4 is 20.3 Å². The second-order valence-corrected chi connectivity index (χ2v) is 7.39. The number of methoxy groups -OCH3 is 1. The lowest BCUT2D eigenvalue weighted by atomic mass is 10.0. The third kappa shape index (κ3) is 5.86. The molecule has 162 valence electrons. The van der Waals surface area contributed by atoms with Crippen molar-refractivity contribution in [1.82, 2.24) is 10.6 Å². The van der Waals surface area contributed by atoms with Gasteiger partial charge in [0, 0.05) is 25.7 Å². The average Bonchev–Trinajstić information content (AvgIpc) is 2.78. The number of nitrogens with one attached hydrogen (secondary N) is 2. The molecule has 2 aromatic rings. The van der Waals surface area contributed by atoms with Crippen molar-refractivity contribution >= 4 is 11.6 Å². The van der Waals surface area contributed by atoms with E-state index in [4.69, 9.17) is 4.74 Å². The van der Waals surface area contributed by atoms with Crippen molar-refractivity contribution < 1.29 is 14.2 Å². The highest BCUT2D eigenvalue weighted by atomic mass is 19.1. The van der Waals surface area contributed by atoms with Crippen molar-refractivity contribution in [2.24, 2.45) is 4.99 Å². The van der Waals surface area contributed by atoms with E-state index in [1.54, 1.807) is 19.2 Å². The molecule has 1 aliphatic heterocycles. The molecule has 0 spiro atoms. The first-order valence-electron chi connectivity index (χ1n) is 10.5. The number of hydrogen-bond donors (Lipinski definition) is 3. The smallest absolute Gasteiger partial charge is 0.191 e. The van der Waals surface area contributed by atoms with E-state index in [9.17, 15) is 9.50 Å². The molecular weight excluding hydrogens is 383 g/mol. The maximum absolute atomic E-state index is 13.1. The normalized spacial score (nSPS) is 18.1. The Hall–Kier alpha value is -2.80. The Balaban J connectivity index is 1.63. The van der Waals surface area contributed by atoms with E-state index in [1.807, 2.05) is 25.1 Å². The zero-order valence-electron chi connectivity index (χ0n) is 17.6. The van der Waals surface area contributed by atoms with E-state index in [0.717, 1.165) is 43.9 Å². The van der Waals surface area contributed by atoms with Gasteiger partial charge in [-0.2, -0.15) is 0 Å². The molecule has 2 aromatic carbocycles. The van der Waals surface area contributed by atoms with Crippen LogP contribution in [0.3, 0.4) is 0 Å². The minimum atomic E-state index is -0.780. The first-order chi connectivity index (χ1) is 14.6. The lowest BCUT2D eigenvalue weighted by Gasteiger charge is -2.36. The van der Waals surface area contributed by atoms with Gasteiger partial charge >= 0.3 is 0 Å². The summed E-state index contributed by atoms with van der Waals surface area (Å²) in [5.74, 6) is 1.23. The Labute approximate surface area is 177 Å². The molecule has 3 rings (SSSR count). The Bertz CT molecular complexity index is 828. The van der Waals surface area contributed by atoms with Crippen molar-refractivity contribution in [2.45, 2.75) is 31.9 Å². The molecule has 1 saturated heterocycles. The summed E-state index contributed by atoms with van der Waals surface area (Å²) in [5, 5.41) is 17.1. The summed E-state index contributed by atoms with van der Waals surface area (Å²) < 4.78 is 18.6. The highest BCUT2D eigenvalue weighted by Gasteiger charge is 2.23. The maximum Gasteiger partial charge on any atom is 0.191 e. The van der Waals surface area contributed by atoms with Gasteiger partial charge in [-0.05, 0) is 49.6 Å². The Kier molecular flexibility index (Phi) is 7.90. The number of hydrogen-bond acceptors (Lipinski definition) is 4. The molecule has 6 nitrogen and oxygen atoms in total. The first kappa shape index (κ1) is 21.9. The molecule has 30 heavy (non-hydrogen) atoms. The van der Waals surface area contributed by atoms with Gasteiger partial charge in [0.25, 0.3) is 0 Å². The fraction of sp³-hybridized carbons (Fsp3) is 0.435. The fourth-order valence-electron chi connectivity index (χ4n) is 3.69. The van der Waals surface area contributed by atoms with E-state index in [0.29, 0.717) is 11.5 Å². The van der Waals surface area contributed by atoms with E-state index >= 15 is 0 Å². The molecule has 1 aliphatic rings. The molecule has 0 saturated carbocycles. The van der Waals surface area contributed by atoms with Crippen molar-refractivity contribution in [3.63, 3.8) is 0 Å². The molecule has 3 N–H and O–H groups in total. The summed E-state index contributed by atoms with van der Waals surface area (Å²) in [6, 6.07) is 14.2. The van der Waals surface area contributed by atoms with Gasteiger partial charge < -0.3 is 25.4 Å². The third-order valence-electron chi connectivity index (χ3n) is 5.21. The van der Waals surface area contributed by atoms with Crippen molar-refractivity contribution in [3.05, 3.63) is 59.9 Å². The lowest BCUT2D eigenvalue weighted by Crippen LogP contribution is -2.51. The van der Waals surface area contributed by atoms with Crippen LogP contribution in [0.1, 0.15) is 31.4 Å². The fourth-order valence-corrected chi connectivity index (χ4v) is 3.69. The number of aliphatic imine (C=N–C) groups is 1. The molecule has 0 aromatic heterocycles. The quantitative estimate of drug-likeness (QED) is 0.480. The summed E-state index contributed by atoms with van der Waals surface area (Å²) in [7, 11) is 1.70. The van der Waals surface area contributed by atoms with Crippen LogP contribution in [-0.4, -0.2) is 50.4 Å². The van der Waals surface area contributed by atoms with Gasteiger partial charge in [-0.25, -0.2) is 4.39 Å². The molecule has 0 bridgehead atoms. The minimum Gasteiger partial charge on any atom is -0.495 e. The zero-order chi connectivity index (χ0) is 21.3. The number of aliphatic hydroxyl groups excluding tert-OH is 1. The van der Waals surface area contributed by atoms with Crippen LogP contribution in [0.2, 0.25) is 0 Å². The van der Waals surface area contributed by atoms with E-state index in [2.05, 4.69) is 26.6 Å². The first-order valence-corrected chi connectivity index (χ1v) is 10.5. The van der Waals surface area contributed by atoms with E-state index in [-0.39, 0.29) is 18.4 Å². The summed E-state index contributed by atoms with van der Waals surface area (Å²) in [6.45, 7) is 4.75. The molecular formula is C23H31FN4O2. The van der Waals surface area contributed by atoms with E-state index in [1.165, 1.54) is 12.1 Å². The number of ether oxygens (including phenoxy) is 1. The summed E-state index contributed by atoms with van der Waals surface area (Å²) in [6.07, 6.45) is 1.32. The number of anilines is 1. The Morgan fingerprint density at radius 2 is 2.03 bits per heavy atom. The lowest BCUT2D eigenvalue weighted by molar-refractivity contribution is 0.187.